The maximum Gasteiger partial charge on any atom is 0.138 e. The van der Waals surface area contributed by atoms with Crippen LogP contribution >= 0.6 is 0 Å². The Bertz CT molecular complexity index is 312. The molecule has 1 atom stereocenters. The molecule has 4 nitrogen and oxygen atoms in total. The van der Waals surface area contributed by atoms with E-state index in [0.29, 0.717) is 0 Å². The Morgan fingerprint density at radius 1 is 1.53 bits per heavy atom. The van der Waals surface area contributed by atoms with Gasteiger partial charge < -0.3 is 5.32 Å². The molecule has 4 heteroatoms. The van der Waals surface area contributed by atoms with E-state index < -0.39 is 0 Å². The zero-order valence-corrected chi connectivity index (χ0v) is 9.66. The quantitative estimate of drug-likeness (QED) is 0.812. The Balaban J connectivity index is 2.12. The van der Waals surface area contributed by atoms with E-state index in [9.17, 15) is 0 Å². The SMILES string of the molecule is CCn1ncnc1CC1(CC)CCCN1. The fourth-order valence-corrected chi connectivity index (χ4v) is 2.44. The molecule has 0 bridgehead atoms. The van der Waals surface area contributed by atoms with E-state index in [1.807, 2.05) is 4.68 Å². The summed E-state index contributed by atoms with van der Waals surface area (Å²) in [6.07, 6.45) is 6.40. The van der Waals surface area contributed by atoms with E-state index in [-0.39, 0.29) is 5.54 Å². The van der Waals surface area contributed by atoms with Crippen LogP contribution in [0.1, 0.15) is 38.9 Å². The second-order valence-electron chi connectivity index (χ2n) is 4.33. The van der Waals surface area contributed by atoms with Crippen LogP contribution < -0.4 is 5.32 Å². The number of hydrogen-bond acceptors (Lipinski definition) is 3. The van der Waals surface area contributed by atoms with Gasteiger partial charge in [-0.05, 0) is 32.7 Å². The van der Waals surface area contributed by atoms with Crippen molar-refractivity contribution in [3.8, 4) is 0 Å². The molecule has 1 N–H and O–H groups in total. The fraction of sp³-hybridized carbons (Fsp3) is 0.818. The molecule has 0 spiro atoms. The first-order chi connectivity index (χ1) is 7.29. The van der Waals surface area contributed by atoms with Gasteiger partial charge in [-0.2, -0.15) is 5.10 Å². The third-order valence-electron chi connectivity index (χ3n) is 3.50. The van der Waals surface area contributed by atoms with Gasteiger partial charge in [-0.15, -0.1) is 0 Å². The molecule has 1 aromatic rings. The normalized spacial score (nSPS) is 26.0. The minimum Gasteiger partial charge on any atom is -0.311 e. The lowest BCUT2D eigenvalue weighted by Gasteiger charge is -2.27. The molecule has 1 aromatic heterocycles. The van der Waals surface area contributed by atoms with Gasteiger partial charge in [0, 0.05) is 18.5 Å². The van der Waals surface area contributed by atoms with Gasteiger partial charge in [0.15, 0.2) is 0 Å². The van der Waals surface area contributed by atoms with E-state index in [0.717, 1.165) is 25.3 Å². The molecule has 0 radical (unpaired) electrons. The first kappa shape index (κ1) is 10.6. The number of rotatable bonds is 4. The average molecular weight is 208 g/mol. The summed E-state index contributed by atoms with van der Waals surface area (Å²) in [7, 11) is 0. The molecule has 0 aromatic carbocycles. The minimum atomic E-state index is 0.278. The van der Waals surface area contributed by atoms with E-state index in [1.165, 1.54) is 19.3 Å². The van der Waals surface area contributed by atoms with Gasteiger partial charge in [0.1, 0.15) is 12.2 Å². The summed E-state index contributed by atoms with van der Waals surface area (Å²) in [6, 6.07) is 0. The zero-order chi connectivity index (χ0) is 10.7. The molecular formula is C11H20N4. The van der Waals surface area contributed by atoms with Crippen LogP contribution in [0.25, 0.3) is 0 Å². The highest BCUT2D eigenvalue weighted by Crippen LogP contribution is 2.26. The van der Waals surface area contributed by atoms with E-state index in [2.05, 4.69) is 29.2 Å². The van der Waals surface area contributed by atoms with Crippen molar-refractivity contribution in [1.29, 1.82) is 0 Å². The molecule has 1 unspecified atom stereocenters. The van der Waals surface area contributed by atoms with Gasteiger partial charge in [0.25, 0.3) is 0 Å². The Labute approximate surface area is 91.1 Å². The lowest BCUT2D eigenvalue weighted by molar-refractivity contribution is 0.345. The van der Waals surface area contributed by atoms with Crippen LogP contribution in [-0.4, -0.2) is 26.8 Å². The third-order valence-corrected chi connectivity index (χ3v) is 3.50. The molecule has 2 rings (SSSR count). The van der Waals surface area contributed by atoms with E-state index in [4.69, 9.17) is 0 Å². The molecule has 2 heterocycles. The van der Waals surface area contributed by atoms with E-state index >= 15 is 0 Å². The van der Waals surface area contributed by atoms with Crippen LogP contribution in [0.5, 0.6) is 0 Å². The Kier molecular flexibility index (Phi) is 3.05. The molecule has 0 saturated carbocycles. The predicted molar refractivity (Wildman–Crippen MR) is 59.7 cm³/mol. The molecule has 1 fully saturated rings. The first-order valence-corrected chi connectivity index (χ1v) is 5.91. The van der Waals surface area contributed by atoms with Crippen molar-refractivity contribution in [2.45, 2.75) is 51.6 Å². The number of hydrogen-bond donors (Lipinski definition) is 1. The molecule has 84 valence electrons. The summed E-state index contributed by atoms with van der Waals surface area (Å²) < 4.78 is 2.00. The predicted octanol–water partition coefficient (Wildman–Crippen LogP) is 1.37. The number of nitrogens with one attached hydrogen (secondary N) is 1. The Morgan fingerprint density at radius 3 is 3.00 bits per heavy atom. The van der Waals surface area contributed by atoms with Crippen molar-refractivity contribution in [2.75, 3.05) is 6.54 Å². The van der Waals surface area contributed by atoms with Crippen LogP contribution in [-0.2, 0) is 13.0 Å². The third kappa shape index (κ3) is 2.04. The molecular weight excluding hydrogens is 188 g/mol. The molecule has 1 saturated heterocycles. The second kappa shape index (κ2) is 4.31. The van der Waals surface area contributed by atoms with Crippen LogP contribution in [0.4, 0.5) is 0 Å². The van der Waals surface area contributed by atoms with Gasteiger partial charge in [-0.25, -0.2) is 4.98 Å². The van der Waals surface area contributed by atoms with Gasteiger partial charge in [-0.1, -0.05) is 6.92 Å². The lowest BCUT2D eigenvalue weighted by Crippen LogP contribution is -2.42. The maximum absolute atomic E-state index is 4.36. The minimum absolute atomic E-state index is 0.278. The van der Waals surface area contributed by atoms with Gasteiger partial charge in [-0.3, -0.25) is 4.68 Å². The Hall–Kier alpha value is -0.900. The van der Waals surface area contributed by atoms with Crippen molar-refractivity contribution in [3.05, 3.63) is 12.2 Å². The highest BCUT2D eigenvalue weighted by atomic mass is 15.3. The fourth-order valence-electron chi connectivity index (χ4n) is 2.44. The molecule has 15 heavy (non-hydrogen) atoms. The first-order valence-electron chi connectivity index (χ1n) is 5.91. The molecule has 1 aliphatic heterocycles. The van der Waals surface area contributed by atoms with Crippen LogP contribution in [0.2, 0.25) is 0 Å². The number of aryl methyl sites for hydroxylation is 1. The van der Waals surface area contributed by atoms with Crippen molar-refractivity contribution in [3.63, 3.8) is 0 Å². The van der Waals surface area contributed by atoms with Gasteiger partial charge in [0.2, 0.25) is 0 Å². The standard InChI is InChI=1S/C11H20N4/c1-3-11(6-5-7-13-11)8-10-12-9-14-15(10)4-2/h9,13H,3-8H2,1-2H3. The second-order valence-corrected chi connectivity index (χ2v) is 4.33. The zero-order valence-electron chi connectivity index (χ0n) is 9.66. The van der Waals surface area contributed by atoms with Crippen LogP contribution in [0, 0.1) is 0 Å². The summed E-state index contributed by atoms with van der Waals surface area (Å²) in [5.41, 5.74) is 0.278. The molecule has 0 amide bonds. The van der Waals surface area contributed by atoms with Crippen LogP contribution in [0.15, 0.2) is 6.33 Å². The van der Waals surface area contributed by atoms with E-state index in [1.54, 1.807) is 6.33 Å². The van der Waals surface area contributed by atoms with Crippen molar-refractivity contribution >= 4 is 0 Å². The van der Waals surface area contributed by atoms with Crippen molar-refractivity contribution in [1.82, 2.24) is 20.1 Å². The average Bonchev–Trinajstić information content (AvgIpc) is 2.88. The highest BCUT2D eigenvalue weighted by molar-refractivity contribution is 5.01. The van der Waals surface area contributed by atoms with Gasteiger partial charge >= 0.3 is 0 Å². The monoisotopic (exact) mass is 208 g/mol. The summed E-state index contributed by atoms with van der Waals surface area (Å²) in [5, 5.41) is 7.85. The number of nitrogens with zero attached hydrogens (tertiary/aromatic N) is 3. The molecule has 1 aliphatic rings. The van der Waals surface area contributed by atoms with Gasteiger partial charge in [0.05, 0.1) is 0 Å². The van der Waals surface area contributed by atoms with Crippen LogP contribution in [0.3, 0.4) is 0 Å². The number of aromatic nitrogens is 3. The van der Waals surface area contributed by atoms with Crippen molar-refractivity contribution < 1.29 is 0 Å². The Morgan fingerprint density at radius 2 is 2.40 bits per heavy atom. The summed E-state index contributed by atoms with van der Waals surface area (Å²) in [6.45, 7) is 6.42. The maximum atomic E-state index is 4.36. The summed E-state index contributed by atoms with van der Waals surface area (Å²) in [4.78, 5) is 4.36. The largest absolute Gasteiger partial charge is 0.311 e. The summed E-state index contributed by atoms with van der Waals surface area (Å²) in [5.74, 6) is 1.12. The van der Waals surface area contributed by atoms with Crippen molar-refractivity contribution in [2.24, 2.45) is 0 Å². The highest BCUT2D eigenvalue weighted by Gasteiger charge is 2.32. The molecule has 0 aliphatic carbocycles. The lowest BCUT2D eigenvalue weighted by atomic mass is 9.90. The topological polar surface area (TPSA) is 42.7 Å². The smallest absolute Gasteiger partial charge is 0.138 e. The summed E-state index contributed by atoms with van der Waals surface area (Å²) >= 11 is 0.